The molecule has 16 aromatic rings. The molecule has 5 heterocycles. The van der Waals surface area contributed by atoms with E-state index in [9.17, 15) is 0 Å². The Morgan fingerprint density at radius 2 is 0.737 bits per heavy atom. The molecule has 0 amide bonds. The summed E-state index contributed by atoms with van der Waals surface area (Å²) < 4.78 is 17.7. The Bertz CT molecular complexity index is 4970. The van der Waals surface area contributed by atoms with Crippen molar-refractivity contribution in [1.82, 2.24) is 19.1 Å². The number of nitrogens with zero attached hydrogens (tertiary/aromatic N) is 4. The largest absolute Gasteiger partial charge is 0.455 e. The van der Waals surface area contributed by atoms with Crippen LogP contribution in [0, 0.1) is 0 Å². The Labute approximate surface area is 435 Å². The van der Waals surface area contributed by atoms with Crippen molar-refractivity contribution in [3.63, 3.8) is 0 Å². The summed E-state index contributed by atoms with van der Waals surface area (Å²) in [6.45, 7) is 0. The van der Waals surface area contributed by atoms with Crippen LogP contribution in [-0.4, -0.2) is 19.1 Å². The van der Waals surface area contributed by atoms with Crippen molar-refractivity contribution in [2.45, 2.75) is 0 Å². The first kappa shape index (κ1) is 42.2. The van der Waals surface area contributed by atoms with E-state index in [4.69, 9.17) is 18.8 Å². The lowest BCUT2D eigenvalue weighted by atomic mass is 9.99. The van der Waals surface area contributed by atoms with Crippen molar-refractivity contribution in [3.8, 4) is 67.4 Å². The summed E-state index contributed by atoms with van der Waals surface area (Å²) in [5.74, 6) is 0.639. The molecule has 354 valence electrons. The van der Waals surface area contributed by atoms with E-state index >= 15 is 0 Å². The highest BCUT2D eigenvalue weighted by atomic mass is 16.3. The Kier molecular flexibility index (Phi) is 9.23. The van der Waals surface area contributed by atoms with E-state index in [0.717, 1.165) is 127 Å². The maximum absolute atomic E-state index is 6.52. The quantitative estimate of drug-likeness (QED) is 0.160. The molecule has 6 heteroatoms. The number of hydrogen-bond donors (Lipinski definition) is 0. The van der Waals surface area contributed by atoms with Crippen LogP contribution in [0.2, 0.25) is 0 Å². The molecule has 0 saturated heterocycles. The lowest BCUT2D eigenvalue weighted by Gasteiger charge is -2.13. The molecule has 0 aliphatic heterocycles. The molecule has 0 fully saturated rings. The molecule has 0 aliphatic rings. The van der Waals surface area contributed by atoms with Crippen molar-refractivity contribution in [2.24, 2.45) is 0 Å². The third-order valence-corrected chi connectivity index (χ3v) is 15.4. The van der Waals surface area contributed by atoms with E-state index in [1.807, 2.05) is 24.3 Å². The number of fused-ring (bicyclic) bond motifs is 12. The highest BCUT2D eigenvalue weighted by Gasteiger charge is 2.23. The lowest BCUT2D eigenvalue weighted by Crippen LogP contribution is -1.99. The van der Waals surface area contributed by atoms with Crippen molar-refractivity contribution in [1.29, 1.82) is 0 Å². The first-order valence-corrected chi connectivity index (χ1v) is 25.7. The summed E-state index contributed by atoms with van der Waals surface area (Å²) >= 11 is 0. The molecular weight excluding hydrogens is 929 g/mol. The van der Waals surface area contributed by atoms with Crippen LogP contribution in [0.15, 0.2) is 264 Å². The lowest BCUT2D eigenvalue weighted by molar-refractivity contribution is 0.669. The van der Waals surface area contributed by atoms with Crippen molar-refractivity contribution in [3.05, 3.63) is 255 Å². The molecule has 0 aliphatic carbocycles. The molecule has 0 bridgehead atoms. The van der Waals surface area contributed by atoms with E-state index in [2.05, 4.69) is 240 Å². The van der Waals surface area contributed by atoms with E-state index in [-0.39, 0.29) is 0 Å². The van der Waals surface area contributed by atoms with Gasteiger partial charge in [-0.3, -0.25) is 0 Å². The van der Waals surface area contributed by atoms with Gasteiger partial charge >= 0.3 is 0 Å². The first-order chi connectivity index (χ1) is 37.7. The topological polar surface area (TPSA) is 61.9 Å². The molecule has 16 rings (SSSR count). The van der Waals surface area contributed by atoms with Gasteiger partial charge < -0.3 is 18.0 Å². The van der Waals surface area contributed by atoms with Gasteiger partial charge in [0.2, 0.25) is 0 Å². The SMILES string of the molecule is c1ccc(-n2c3ccccc3c3cc(-c4ccc5c(c4)c4nc(-c6ccc(-c7cccc8c7oc7ccccc78)cc6)nc(-c6ccc(-c7cccc8c7oc7ccccc78)cc6)c4n5-c4ccccc4)ccc32)cc1. The summed E-state index contributed by atoms with van der Waals surface area (Å²) in [6, 6.07) is 90.2. The van der Waals surface area contributed by atoms with Crippen LogP contribution in [0.4, 0.5) is 0 Å². The second kappa shape index (κ2) is 16.6. The van der Waals surface area contributed by atoms with Crippen LogP contribution >= 0.6 is 0 Å². The Balaban J connectivity index is 0.904. The normalized spacial score (nSPS) is 11.9. The van der Waals surface area contributed by atoms with Gasteiger partial charge in [0.1, 0.15) is 27.8 Å². The van der Waals surface area contributed by atoms with Gasteiger partial charge in [-0.1, -0.05) is 188 Å². The summed E-state index contributed by atoms with van der Waals surface area (Å²) in [5, 5.41) is 7.88. The summed E-state index contributed by atoms with van der Waals surface area (Å²) in [5.41, 5.74) is 20.0. The molecule has 0 radical (unpaired) electrons. The predicted octanol–water partition coefficient (Wildman–Crippen LogP) is 18.8. The Hall–Kier alpha value is -10.3. The third kappa shape index (κ3) is 6.47. The fraction of sp³-hybridized carbons (Fsp3) is 0. The smallest absolute Gasteiger partial charge is 0.160 e. The van der Waals surface area contributed by atoms with Gasteiger partial charge in [-0.2, -0.15) is 0 Å². The zero-order chi connectivity index (χ0) is 49.8. The van der Waals surface area contributed by atoms with E-state index in [1.165, 1.54) is 21.8 Å². The number of rotatable bonds is 7. The van der Waals surface area contributed by atoms with Gasteiger partial charge in [0.05, 0.1) is 27.8 Å². The molecule has 0 unspecified atom stereocenters. The fourth-order valence-corrected chi connectivity index (χ4v) is 11.8. The standard InChI is InChI=1S/C70H42N4O2/c1-3-15-49(16-4-1)73-60-26-10-7-19-53(60)58-41-47(37-39-61(58)73)48-38-40-62-59(42-48)66-67(74(62)50-17-5-2-6-18-50)65(45-33-29-43(30-34-45)51-22-13-24-56-54-20-8-11-27-63(54)75-68(51)56)71-70(72-66)46-35-31-44(32-36-46)52-23-14-25-57-55-21-9-12-28-64(55)76-69(52)57/h1-42H. The molecule has 0 spiro atoms. The number of para-hydroxylation sites is 7. The third-order valence-electron chi connectivity index (χ3n) is 15.4. The molecule has 0 N–H and O–H groups in total. The Morgan fingerprint density at radius 3 is 1.34 bits per heavy atom. The second-order valence-electron chi connectivity index (χ2n) is 19.6. The highest BCUT2D eigenvalue weighted by Crippen LogP contribution is 2.43. The van der Waals surface area contributed by atoms with Crippen LogP contribution < -0.4 is 0 Å². The first-order valence-electron chi connectivity index (χ1n) is 25.7. The van der Waals surface area contributed by atoms with Gasteiger partial charge in [-0.15, -0.1) is 0 Å². The Morgan fingerprint density at radius 1 is 0.289 bits per heavy atom. The number of furan rings is 2. The van der Waals surface area contributed by atoms with E-state index in [1.54, 1.807) is 0 Å². The van der Waals surface area contributed by atoms with Crippen LogP contribution in [0.5, 0.6) is 0 Å². The summed E-state index contributed by atoms with van der Waals surface area (Å²) in [4.78, 5) is 11.2. The van der Waals surface area contributed by atoms with Gasteiger partial charge in [-0.25, -0.2) is 9.97 Å². The van der Waals surface area contributed by atoms with Crippen LogP contribution in [0.25, 0.3) is 155 Å². The minimum atomic E-state index is 0.639. The van der Waals surface area contributed by atoms with Gasteiger partial charge in [0, 0.05) is 71.3 Å². The zero-order valence-electron chi connectivity index (χ0n) is 40.9. The van der Waals surface area contributed by atoms with Crippen molar-refractivity contribution in [2.75, 3.05) is 0 Å². The second-order valence-corrected chi connectivity index (χ2v) is 19.6. The minimum absolute atomic E-state index is 0.639. The molecule has 0 atom stereocenters. The molecule has 0 saturated carbocycles. The predicted molar refractivity (Wildman–Crippen MR) is 312 cm³/mol. The summed E-state index contributed by atoms with van der Waals surface area (Å²) in [7, 11) is 0. The number of benzene rings is 11. The average Bonchev–Trinajstić information content (AvgIpc) is 4.29. The molecular formula is C70H42N4O2. The molecule has 76 heavy (non-hydrogen) atoms. The minimum Gasteiger partial charge on any atom is -0.455 e. The monoisotopic (exact) mass is 970 g/mol. The zero-order valence-corrected chi connectivity index (χ0v) is 40.9. The van der Waals surface area contributed by atoms with Crippen molar-refractivity contribution >= 4 is 87.6 Å². The number of aromatic nitrogens is 4. The number of hydrogen-bond acceptors (Lipinski definition) is 4. The summed E-state index contributed by atoms with van der Waals surface area (Å²) in [6.07, 6.45) is 0. The maximum Gasteiger partial charge on any atom is 0.160 e. The van der Waals surface area contributed by atoms with Crippen LogP contribution in [-0.2, 0) is 0 Å². The van der Waals surface area contributed by atoms with Crippen molar-refractivity contribution < 1.29 is 8.83 Å². The van der Waals surface area contributed by atoms with Gasteiger partial charge in [-0.05, 0) is 89.0 Å². The van der Waals surface area contributed by atoms with E-state index in [0.29, 0.717) is 5.82 Å². The van der Waals surface area contributed by atoms with Gasteiger partial charge in [0.15, 0.2) is 5.82 Å². The fourth-order valence-electron chi connectivity index (χ4n) is 11.8. The van der Waals surface area contributed by atoms with Gasteiger partial charge in [0.25, 0.3) is 0 Å². The molecule has 6 nitrogen and oxygen atoms in total. The highest BCUT2D eigenvalue weighted by molar-refractivity contribution is 6.15. The molecule has 5 aromatic heterocycles. The van der Waals surface area contributed by atoms with Crippen LogP contribution in [0.3, 0.4) is 0 Å². The van der Waals surface area contributed by atoms with Crippen LogP contribution in [0.1, 0.15) is 0 Å². The average molecular weight is 971 g/mol. The maximum atomic E-state index is 6.52. The van der Waals surface area contributed by atoms with E-state index < -0.39 is 0 Å². The molecule has 11 aromatic carbocycles.